The number of allylic oxidation sites excluding steroid dienone is 1. The number of cyclic esters (lactones) is 1. The number of pyridine rings is 1. The third-order valence-corrected chi connectivity index (χ3v) is 11.1. The Morgan fingerprint density at radius 3 is 2.24 bits per heavy atom. The van der Waals surface area contributed by atoms with Crippen molar-refractivity contribution in [1.29, 1.82) is 0 Å². The van der Waals surface area contributed by atoms with Crippen molar-refractivity contribution in [3.05, 3.63) is 112 Å². The second-order valence-corrected chi connectivity index (χ2v) is 14.2. The average Bonchev–Trinajstić information content (AvgIpc) is 3.86. The monoisotopic (exact) mass is 786 g/mol. The second kappa shape index (κ2) is 15.6. The summed E-state index contributed by atoms with van der Waals surface area (Å²) in [5.74, 6) is 0.472. The number of hydrogen-bond acceptors (Lipinski definition) is 12. The van der Waals surface area contributed by atoms with Gasteiger partial charge in [0.1, 0.15) is 0 Å². The minimum atomic E-state index is -0.667. The lowest BCUT2D eigenvalue weighted by Crippen LogP contribution is -2.44. The van der Waals surface area contributed by atoms with Gasteiger partial charge in [0, 0.05) is 28.5 Å². The van der Waals surface area contributed by atoms with Gasteiger partial charge < -0.3 is 43.2 Å². The number of nitrogens with zero attached hydrogens (tertiary/aromatic N) is 1. The van der Waals surface area contributed by atoms with E-state index < -0.39 is 29.7 Å². The van der Waals surface area contributed by atoms with Crippen LogP contribution in [-0.4, -0.2) is 71.1 Å². The van der Waals surface area contributed by atoms with Crippen molar-refractivity contribution in [2.45, 2.75) is 25.8 Å². The first-order valence-corrected chi connectivity index (χ1v) is 18.7. The molecule has 1 saturated heterocycles. The molecule has 58 heavy (non-hydrogen) atoms. The molecule has 0 unspecified atom stereocenters. The van der Waals surface area contributed by atoms with Gasteiger partial charge in [0.05, 0.1) is 52.5 Å². The van der Waals surface area contributed by atoms with Crippen LogP contribution in [0.5, 0.6) is 40.2 Å². The standard InChI is InChI=1S/C45H42N2O11/c1-23-27-9-7-8-10-31(27)46-24(2)40(23)32(48)13-11-25-12-14-33(34(15-25)51-3)55-21-39(49)47-43-29-19-36-35(57-22-58-36)18-28(29)41(42-30(43)20-56-45(42)50)26-16-37(52-4)44(54-6)38(17-26)53-5/h7-19,30,41-43H,20-22H2,1-6H3,(H,47,49)/b13-11+/t30-,41+,42-,43+/m0/s1. The van der Waals surface area contributed by atoms with Crippen LogP contribution >= 0.6 is 0 Å². The molecule has 3 heterocycles. The zero-order chi connectivity index (χ0) is 40.7. The Balaban J connectivity index is 1.03. The van der Waals surface area contributed by atoms with Crippen LogP contribution in [0.3, 0.4) is 0 Å². The van der Waals surface area contributed by atoms with Crippen molar-refractivity contribution in [1.82, 2.24) is 10.3 Å². The zero-order valence-corrected chi connectivity index (χ0v) is 32.9. The summed E-state index contributed by atoms with van der Waals surface area (Å²) in [5, 5.41) is 4.06. The molecule has 0 bridgehead atoms. The molecule has 13 nitrogen and oxygen atoms in total. The first-order valence-electron chi connectivity index (χ1n) is 18.7. The van der Waals surface area contributed by atoms with Crippen LogP contribution in [0.4, 0.5) is 0 Å². The smallest absolute Gasteiger partial charge is 0.310 e. The van der Waals surface area contributed by atoms with Crippen molar-refractivity contribution in [2.75, 3.05) is 48.4 Å². The number of nitrogens with one attached hydrogen (secondary N) is 1. The number of fused-ring (bicyclic) bond motifs is 4. The van der Waals surface area contributed by atoms with Crippen LogP contribution in [-0.2, 0) is 14.3 Å². The fraction of sp³-hybridized carbons (Fsp3) is 0.289. The number of esters is 1. The van der Waals surface area contributed by atoms with E-state index in [2.05, 4.69) is 10.3 Å². The Kier molecular flexibility index (Phi) is 10.3. The number of carbonyl (C=O) groups excluding carboxylic acids is 3. The molecule has 4 atom stereocenters. The number of amides is 1. The van der Waals surface area contributed by atoms with Crippen LogP contribution in [0, 0.1) is 25.7 Å². The number of aryl methyl sites for hydroxylation is 2. The van der Waals surface area contributed by atoms with Gasteiger partial charge in [-0.3, -0.25) is 19.4 Å². The summed E-state index contributed by atoms with van der Waals surface area (Å²) in [6.45, 7) is 3.55. The number of aromatic nitrogens is 1. The van der Waals surface area contributed by atoms with Crippen molar-refractivity contribution in [3.8, 4) is 40.2 Å². The fourth-order valence-corrected chi connectivity index (χ4v) is 8.44. The van der Waals surface area contributed by atoms with Gasteiger partial charge in [-0.25, -0.2) is 0 Å². The average molecular weight is 787 g/mol. The molecule has 298 valence electrons. The molecule has 8 rings (SSSR count). The van der Waals surface area contributed by atoms with Crippen molar-refractivity contribution in [2.24, 2.45) is 11.8 Å². The van der Waals surface area contributed by atoms with Crippen LogP contribution in [0.15, 0.2) is 72.8 Å². The first kappa shape index (κ1) is 38.1. The molecule has 1 aliphatic carbocycles. The van der Waals surface area contributed by atoms with Crippen molar-refractivity contribution >= 4 is 34.6 Å². The van der Waals surface area contributed by atoms with Crippen LogP contribution in [0.1, 0.15) is 55.8 Å². The maximum atomic E-state index is 13.7. The Morgan fingerprint density at radius 2 is 1.53 bits per heavy atom. The maximum absolute atomic E-state index is 13.7. The molecule has 2 aliphatic heterocycles. The molecular weight excluding hydrogens is 744 g/mol. The van der Waals surface area contributed by atoms with Gasteiger partial charge in [-0.2, -0.15) is 0 Å². The molecule has 1 aromatic heterocycles. The summed E-state index contributed by atoms with van der Waals surface area (Å²) in [5.41, 5.74) is 5.90. The summed E-state index contributed by atoms with van der Waals surface area (Å²) in [6.07, 6.45) is 3.22. The number of hydrogen-bond donors (Lipinski definition) is 1. The van der Waals surface area contributed by atoms with Gasteiger partial charge in [0.2, 0.25) is 12.5 Å². The highest BCUT2D eigenvalue weighted by molar-refractivity contribution is 6.10. The molecule has 5 aromatic rings. The quantitative estimate of drug-likeness (QED) is 0.0817. The Bertz CT molecular complexity index is 2470. The van der Waals surface area contributed by atoms with E-state index in [1.165, 1.54) is 34.5 Å². The Hall–Kier alpha value is -6.76. The zero-order valence-electron chi connectivity index (χ0n) is 32.9. The summed E-state index contributed by atoms with van der Waals surface area (Å²) in [7, 11) is 6.09. The summed E-state index contributed by atoms with van der Waals surface area (Å²) in [4.78, 5) is 45.3. The predicted octanol–water partition coefficient (Wildman–Crippen LogP) is 6.68. The van der Waals surface area contributed by atoms with Crippen LogP contribution in [0.2, 0.25) is 0 Å². The largest absolute Gasteiger partial charge is 0.493 e. The number of rotatable bonds is 12. The molecular formula is C45H42N2O11. The van der Waals surface area contributed by atoms with Gasteiger partial charge in [-0.15, -0.1) is 0 Å². The van der Waals surface area contributed by atoms with Crippen molar-refractivity contribution in [3.63, 3.8) is 0 Å². The summed E-state index contributed by atoms with van der Waals surface area (Å²) < 4.78 is 45.7. The highest BCUT2D eigenvalue weighted by Gasteiger charge is 2.53. The second-order valence-electron chi connectivity index (χ2n) is 14.2. The third-order valence-electron chi connectivity index (χ3n) is 11.1. The molecule has 1 fully saturated rings. The SMILES string of the molecule is COc1cc(/C=C/C(=O)c2c(C)nc3ccccc3c2C)ccc1OCC(=O)N[C@@H]1c2cc3c(cc2[C@@H](c2cc(OC)c(OC)c(OC)c2)[C@H]2C(=O)OC[C@@H]21)OCO3. The van der Waals surface area contributed by atoms with E-state index in [1.54, 1.807) is 24.3 Å². The number of benzene rings is 4. The van der Waals surface area contributed by atoms with Crippen molar-refractivity contribution < 1.29 is 52.3 Å². The number of carbonyl (C=O) groups is 3. The molecule has 0 radical (unpaired) electrons. The lowest BCUT2D eigenvalue weighted by molar-refractivity contribution is -0.141. The molecule has 1 amide bonds. The van der Waals surface area contributed by atoms with E-state index in [0.29, 0.717) is 57.1 Å². The van der Waals surface area contributed by atoms with Crippen LogP contribution < -0.4 is 38.5 Å². The fourth-order valence-electron chi connectivity index (χ4n) is 8.44. The molecule has 13 heteroatoms. The van der Waals surface area contributed by atoms with Gasteiger partial charge in [0.25, 0.3) is 5.91 Å². The number of methoxy groups -OCH3 is 4. The Labute approximate surface area is 334 Å². The van der Waals surface area contributed by atoms with E-state index in [1.807, 2.05) is 62.4 Å². The minimum absolute atomic E-state index is 0.0425. The number of para-hydroxylation sites is 1. The summed E-state index contributed by atoms with van der Waals surface area (Å²) >= 11 is 0. The highest BCUT2D eigenvalue weighted by atomic mass is 16.7. The molecule has 4 aromatic carbocycles. The topological polar surface area (TPSA) is 150 Å². The lowest BCUT2D eigenvalue weighted by Gasteiger charge is -2.39. The van der Waals surface area contributed by atoms with Gasteiger partial charge in [0.15, 0.2) is 46.9 Å². The normalized spacial score (nSPS) is 19.0. The lowest BCUT2D eigenvalue weighted by atomic mass is 9.65. The maximum Gasteiger partial charge on any atom is 0.310 e. The first-order chi connectivity index (χ1) is 28.1. The predicted molar refractivity (Wildman–Crippen MR) is 212 cm³/mol. The van der Waals surface area contributed by atoms with E-state index in [0.717, 1.165) is 33.2 Å². The van der Waals surface area contributed by atoms with Gasteiger partial charge in [-0.05, 0) is 90.2 Å². The number of ether oxygens (including phenoxy) is 8. The summed E-state index contributed by atoms with van der Waals surface area (Å²) in [6, 6.07) is 19.7. The molecule has 0 spiro atoms. The highest BCUT2D eigenvalue weighted by Crippen LogP contribution is 2.55. The van der Waals surface area contributed by atoms with Crippen LogP contribution in [0.25, 0.3) is 17.0 Å². The van der Waals surface area contributed by atoms with Gasteiger partial charge in [-0.1, -0.05) is 30.3 Å². The van der Waals surface area contributed by atoms with E-state index in [9.17, 15) is 14.4 Å². The Morgan fingerprint density at radius 1 is 0.828 bits per heavy atom. The third kappa shape index (κ3) is 6.76. The van der Waals surface area contributed by atoms with Gasteiger partial charge >= 0.3 is 5.97 Å². The molecule has 3 aliphatic rings. The minimum Gasteiger partial charge on any atom is -0.493 e. The molecule has 0 saturated carbocycles. The molecule has 1 N–H and O–H groups in total. The van der Waals surface area contributed by atoms with E-state index in [-0.39, 0.29) is 31.8 Å². The van der Waals surface area contributed by atoms with E-state index in [4.69, 9.17) is 37.9 Å². The van der Waals surface area contributed by atoms with E-state index >= 15 is 0 Å². The number of ketones is 1.